The van der Waals surface area contributed by atoms with Crippen molar-refractivity contribution >= 4 is 23.2 Å². The van der Waals surface area contributed by atoms with Crippen molar-refractivity contribution < 1.29 is 19.1 Å². The lowest BCUT2D eigenvalue weighted by Crippen LogP contribution is -2.36. The van der Waals surface area contributed by atoms with E-state index in [1.54, 1.807) is 35.0 Å². The number of hydrogen-bond donors (Lipinski definition) is 0. The highest BCUT2D eigenvalue weighted by molar-refractivity contribution is 7.12. The van der Waals surface area contributed by atoms with E-state index in [1.165, 1.54) is 11.3 Å². The quantitative estimate of drug-likeness (QED) is 0.562. The topological polar surface area (TPSA) is 86.6 Å². The van der Waals surface area contributed by atoms with Gasteiger partial charge >= 0.3 is 5.97 Å². The van der Waals surface area contributed by atoms with Gasteiger partial charge in [0.25, 0.3) is 5.91 Å². The molecule has 0 bridgehead atoms. The Balaban J connectivity index is 1.72. The Morgan fingerprint density at radius 2 is 2.10 bits per heavy atom. The van der Waals surface area contributed by atoms with Crippen molar-refractivity contribution in [1.82, 2.24) is 19.7 Å². The molecule has 156 valence electrons. The summed E-state index contributed by atoms with van der Waals surface area (Å²) in [5.74, 6) is -0.706. The van der Waals surface area contributed by atoms with E-state index in [1.807, 2.05) is 30.3 Å². The first kappa shape index (κ1) is 20.2. The molecular weight excluding hydrogens is 404 g/mol. The minimum atomic E-state index is -0.483. The third-order valence-corrected chi connectivity index (χ3v) is 5.63. The number of ether oxygens (including phenoxy) is 2. The van der Waals surface area contributed by atoms with Gasteiger partial charge in [-0.15, -0.1) is 11.3 Å². The fraction of sp³-hybridized carbons (Fsp3) is 0.333. The summed E-state index contributed by atoms with van der Waals surface area (Å²) in [4.78, 5) is 31.0. The molecule has 1 aliphatic heterocycles. The molecule has 9 heteroatoms. The number of benzene rings is 1. The van der Waals surface area contributed by atoms with Crippen molar-refractivity contribution in [2.75, 3.05) is 20.3 Å². The highest BCUT2D eigenvalue weighted by Gasteiger charge is 2.28. The van der Waals surface area contributed by atoms with Crippen LogP contribution in [0.25, 0.3) is 16.4 Å². The maximum absolute atomic E-state index is 13.0. The summed E-state index contributed by atoms with van der Waals surface area (Å²) in [6.45, 7) is 2.67. The number of amides is 1. The van der Waals surface area contributed by atoms with Gasteiger partial charge in [0.15, 0.2) is 11.4 Å². The Bertz CT molecular complexity index is 1040. The molecule has 8 nitrogen and oxygen atoms in total. The van der Waals surface area contributed by atoms with Crippen LogP contribution in [-0.4, -0.2) is 58.0 Å². The Hall–Kier alpha value is -3.04. The number of thiazole rings is 1. The Morgan fingerprint density at radius 3 is 2.80 bits per heavy atom. The summed E-state index contributed by atoms with van der Waals surface area (Å²) >= 11 is 1.26. The van der Waals surface area contributed by atoms with E-state index >= 15 is 0 Å². The third kappa shape index (κ3) is 3.99. The van der Waals surface area contributed by atoms with Gasteiger partial charge in [0.1, 0.15) is 6.23 Å². The van der Waals surface area contributed by atoms with Crippen LogP contribution in [-0.2, 0) is 9.47 Å². The van der Waals surface area contributed by atoms with Gasteiger partial charge in [0, 0.05) is 24.6 Å². The Kier molecular flexibility index (Phi) is 5.91. The number of carbonyl (C=O) groups excluding carboxylic acids is 2. The van der Waals surface area contributed by atoms with Crippen molar-refractivity contribution in [3.8, 4) is 16.4 Å². The molecule has 1 fully saturated rings. The molecule has 0 aliphatic carbocycles. The lowest BCUT2D eigenvalue weighted by atomic mass is 10.1. The molecule has 0 radical (unpaired) electrons. The molecule has 1 atom stereocenters. The van der Waals surface area contributed by atoms with E-state index < -0.39 is 5.97 Å². The van der Waals surface area contributed by atoms with Gasteiger partial charge in [0.05, 0.1) is 12.3 Å². The van der Waals surface area contributed by atoms with Crippen LogP contribution < -0.4 is 0 Å². The number of aromatic nitrogens is 3. The van der Waals surface area contributed by atoms with Crippen molar-refractivity contribution in [2.24, 2.45) is 0 Å². The van der Waals surface area contributed by atoms with Crippen molar-refractivity contribution in [3.63, 3.8) is 0 Å². The van der Waals surface area contributed by atoms with Crippen LogP contribution in [0.2, 0.25) is 0 Å². The van der Waals surface area contributed by atoms with Gasteiger partial charge in [0.2, 0.25) is 5.13 Å². The highest BCUT2D eigenvalue weighted by Crippen LogP contribution is 2.27. The predicted octanol–water partition coefficient (Wildman–Crippen LogP) is 3.38. The van der Waals surface area contributed by atoms with Crippen LogP contribution in [0.15, 0.2) is 41.8 Å². The molecule has 0 saturated carbocycles. The monoisotopic (exact) mass is 426 g/mol. The number of esters is 1. The molecule has 3 heterocycles. The van der Waals surface area contributed by atoms with Crippen LogP contribution >= 0.6 is 11.3 Å². The molecule has 30 heavy (non-hydrogen) atoms. The van der Waals surface area contributed by atoms with E-state index in [-0.39, 0.29) is 24.4 Å². The smallest absolute Gasteiger partial charge is 0.357 e. The summed E-state index contributed by atoms with van der Waals surface area (Å²) in [6.07, 6.45) is 1.50. The number of carbonyl (C=O) groups is 2. The zero-order chi connectivity index (χ0) is 21.1. The summed E-state index contributed by atoms with van der Waals surface area (Å²) < 4.78 is 12.2. The van der Waals surface area contributed by atoms with Gasteiger partial charge in [-0.25, -0.2) is 14.5 Å². The van der Waals surface area contributed by atoms with Gasteiger partial charge < -0.3 is 14.4 Å². The molecule has 1 saturated heterocycles. The lowest BCUT2D eigenvalue weighted by Gasteiger charge is -2.22. The van der Waals surface area contributed by atoms with Crippen molar-refractivity contribution in [2.45, 2.75) is 26.0 Å². The highest BCUT2D eigenvalue weighted by atomic mass is 32.1. The summed E-state index contributed by atoms with van der Waals surface area (Å²) in [5.41, 5.74) is 2.11. The van der Waals surface area contributed by atoms with Crippen LogP contribution in [0.3, 0.4) is 0 Å². The van der Waals surface area contributed by atoms with Gasteiger partial charge in [-0.3, -0.25) is 4.79 Å². The second kappa shape index (κ2) is 8.76. The van der Waals surface area contributed by atoms with E-state index in [2.05, 4.69) is 10.1 Å². The second-order valence-corrected chi connectivity index (χ2v) is 7.65. The first-order valence-electron chi connectivity index (χ1n) is 9.75. The maximum Gasteiger partial charge on any atom is 0.357 e. The zero-order valence-electron chi connectivity index (χ0n) is 16.8. The lowest BCUT2D eigenvalue weighted by molar-refractivity contribution is 0.000503. The van der Waals surface area contributed by atoms with Gasteiger partial charge in [-0.1, -0.05) is 30.3 Å². The molecular formula is C21H22N4O4S. The predicted molar refractivity (Wildman–Crippen MR) is 112 cm³/mol. The Labute approximate surface area is 178 Å². The summed E-state index contributed by atoms with van der Waals surface area (Å²) in [7, 11) is 1.72. The minimum Gasteiger partial charge on any atom is -0.461 e. The summed E-state index contributed by atoms with van der Waals surface area (Å²) in [5, 5.41) is 6.64. The maximum atomic E-state index is 13.0. The van der Waals surface area contributed by atoms with Crippen molar-refractivity contribution in [1.29, 1.82) is 0 Å². The average Bonchev–Trinajstić information content (AvgIpc) is 3.53. The van der Waals surface area contributed by atoms with Crippen LogP contribution in [0.4, 0.5) is 0 Å². The standard InChI is InChI=1S/C21H22N4O4S/c1-3-28-20(27)16-13-30-21(22-16)25-17(14-8-5-4-6-9-14)12-15(23-25)19(26)24(2)18-10-7-11-29-18/h4-6,8-9,12-13,18H,3,7,10-11H2,1-2H3. The third-order valence-electron chi connectivity index (χ3n) is 4.81. The molecule has 1 unspecified atom stereocenters. The first-order valence-corrected chi connectivity index (χ1v) is 10.6. The number of rotatable bonds is 6. The largest absolute Gasteiger partial charge is 0.461 e. The number of nitrogens with zero attached hydrogens (tertiary/aromatic N) is 4. The molecule has 2 aromatic heterocycles. The fourth-order valence-electron chi connectivity index (χ4n) is 3.28. The van der Waals surface area contributed by atoms with E-state index in [0.29, 0.717) is 23.1 Å². The van der Waals surface area contributed by atoms with Crippen molar-refractivity contribution in [3.05, 3.63) is 53.2 Å². The Morgan fingerprint density at radius 1 is 1.30 bits per heavy atom. The van der Waals surface area contributed by atoms with E-state index in [9.17, 15) is 9.59 Å². The SMILES string of the molecule is CCOC(=O)c1csc(-n2nc(C(=O)N(C)C3CCCO3)cc2-c2ccccc2)n1. The first-order chi connectivity index (χ1) is 14.6. The molecule has 0 spiro atoms. The van der Waals surface area contributed by atoms with E-state index in [0.717, 1.165) is 18.4 Å². The summed E-state index contributed by atoms with van der Waals surface area (Å²) in [6, 6.07) is 11.4. The molecule has 0 N–H and O–H groups in total. The zero-order valence-corrected chi connectivity index (χ0v) is 17.6. The second-order valence-electron chi connectivity index (χ2n) is 6.81. The molecule has 4 rings (SSSR count). The van der Waals surface area contributed by atoms with Crippen LogP contribution in [0, 0.1) is 0 Å². The minimum absolute atomic E-state index is 0.218. The van der Waals surface area contributed by atoms with Gasteiger partial charge in [-0.05, 0) is 25.8 Å². The molecule has 3 aromatic rings. The number of hydrogen-bond acceptors (Lipinski definition) is 7. The average molecular weight is 426 g/mol. The van der Waals surface area contributed by atoms with Crippen LogP contribution in [0.1, 0.15) is 40.7 Å². The molecule has 1 aliphatic rings. The molecule has 1 amide bonds. The normalized spacial score (nSPS) is 15.9. The molecule has 1 aromatic carbocycles. The van der Waals surface area contributed by atoms with Gasteiger partial charge in [-0.2, -0.15) is 5.10 Å². The van der Waals surface area contributed by atoms with E-state index in [4.69, 9.17) is 9.47 Å². The van der Waals surface area contributed by atoms with Crippen LogP contribution in [0.5, 0.6) is 0 Å². The fourth-order valence-corrected chi connectivity index (χ4v) is 4.04.